The zero-order valence-electron chi connectivity index (χ0n) is 46.0. The van der Waals surface area contributed by atoms with E-state index in [1.807, 2.05) is 0 Å². The Hall–Kier alpha value is -11.4. The lowest BCUT2D eigenvalue weighted by Crippen LogP contribution is -2.11. The van der Waals surface area contributed by atoms with Crippen LogP contribution in [0.4, 0.5) is 34.1 Å². The summed E-state index contributed by atoms with van der Waals surface area (Å²) >= 11 is 0. The molecule has 14 aromatic carbocycles. The van der Waals surface area contributed by atoms with Gasteiger partial charge in [-0.1, -0.05) is 255 Å². The molecular formula is C80H50N2O3. The molecule has 0 aliphatic carbocycles. The minimum atomic E-state index is 0.798. The summed E-state index contributed by atoms with van der Waals surface area (Å²) < 4.78 is 21.9. The number of para-hydroxylation sites is 4. The zero-order valence-corrected chi connectivity index (χ0v) is 46.0. The first-order valence-electron chi connectivity index (χ1n) is 28.9. The molecule has 0 radical (unpaired) electrons. The highest BCUT2D eigenvalue weighted by Gasteiger charge is 2.28. The minimum absolute atomic E-state index is 0.798. The predicted octanol–water partition coefficient (Wildman–Crippen LogP) is 23.3. The highest BCUT2D eigenvalue weighted by Crippen LogP contribution is 2.52. The highest BCUT2D eigenvalue weighted by atomic mass is 16.3. The Labute approximate surface area is 489 Å². The van der Waals surface area contributed by atoms with Gasteiger partial charge in [-0.2, -0.15) is 0 Å². The topological polar surface area (TPSA) is 45.9 Å². The Morgan fingerprint density at radius 1 is 0.176 bits per heavy atom. The Morgan fingerprint density at radius 3 is 0.847 bits per heavy atom. The molecule has 0 bridgehead atoms. The molecule has 0 unspecified atom stereocenters. The van der Waals surface area contributed by atoms with Gasteiger partial charge in [-0.15, -0.1) is 0 Å². The molecule has 3 heterocycles. The average Bonchev–Trinajstić information content (AvgIpc) is 2.54. The van der Waals surface area contributed by atoms with Crippen LogP contribution in [0.15, 0.2) is 317 Å². The number of hydrogen-bond donors (Lipinski definition) is 0. The van der Waals surface area contributed by atoms with Crippen molar-refractivity contribution in [2.45, 2.75) is 0 Å². The van der Waals surface area contributed by atoms with E-state index in [1.165, 1.54) is 0 Å². The number of nitrogens with zero attached hydrogens (tertiary/aromatic N) is 2. The summed E-state index contributed by atoms with van der Waals surface area (Å²) in [4.78, 5) is 4.77. The maximum absolute atomic E-state index is 7.36. The Morgan fingerprint density at radius 2 is 0.459 bits per heavy atom. The van der Waals surface area contributed by atoms with Crippen LogP contribution in [0.25, 0.3) is 132 Å². The highest BCUT2D eigenvalue weighted by molar-refractivity contribution is 6.26. The van der Waals surface area contributed by atoms with Crippen molar-refractivity contribution in [3.05, 3.63) is 303 Å². The molecule has 0 aliphatic rings. The smallest absolute Gasteiger partial charge is 0.159 e. The van der Waals surface area contributed by atoms with E-state index in [4.69, 9.17) is 13.3 Å². The minimum Gasteiger partial charge on any atom is -0.455 e. The summed E-state index contributed by atoms with van der Waals surface area (Å²) in [5.41, 5.74) is 19.6. The molecule has 0 spiro atoms. The summed E-state index contributed by atoms with van der Waals surface area (Å²) in [7, 11) is 0. The van der Waals surface area contributed by atoms with Gasteiger partial charge >= 0.3 is 0 Å². The lowest BCUT2D eigenvalue weighted by atomic mass is 9.98. The normalized spacial score (nSPS) is 11.8. The largest absolute Gasteiger partial charge is 0.455 e. The SMILES string of the molecule is c1ccc(-c2ccc(N(c3cc4c5cc(N(c6ccc(-c7ccccc7)cc6)c6cccc7c6oc6c(-c8ccccc8)cccc67)c6ccccc6c5oc4c4ccccc34)c3cccc4c3oc3c(-c5ccccc5)cccc34)cc2)cc1. The van der Waals surface area contributed by atoms with E-state index in [9.17, 15) is 0 Å². The van der Waals surface area contributed by atoms with Crippen LogP contribution in [0.3, 0.4) is 0 Å². The summed E-state index contributed by atoms with van der Waals surface area (Å²) in [5, 5.41) is 10.3. The monoisotopic (exact) mass is 1090 g/mol. The van der Waals surface area contributed by atoms with E-state index in [0.717, 1.165) is 166 Å². The van der Waals surface area contributed by atoms with Gasteiger partial charge in [0.2, 0.25) is 0 Å². The molecule has 0 fully saturated rings. The molecule has 0 N–H and O–H groups in total. The van der Waals surface area contributed by atoms with Crippen LogP contribution in [-0.4, -0.2) is 0 Å². The molecule has 0 aliphatic heterocycles. The third-order valence-corrected chi connectivity index (χ3v) is 17.0. The van der Waals surface area contributed by atoms with Gasteiger partial charge < -0.3 is 23.1 Å². The Balaban J connectivity index is 0.934. The number of fused-ring (bicyclic) bond motifs is 13. The van der Waals surface area contributed by atoms with E-state index in [2.05, 4.69) is 313 Å². The van der Waals surface area contributed by atoms with E-state index >= 15 is 0 Å². The second-order valence-corrected chi connectivity index (χ2v) is 21.8. The van der Waals surface area contributed by atoms with Gasteiger partial charge in [0.05, 0.1) is 22.7 Å². The van der Waals surface area contributed by atoms with E-state index < -0.39 is 0 Å². The summed E-state index contributed by atoms with van der Waals surface area (Å²) in [6.07, 6.45) is 0. The van der Waals surface area contributed by atoms with Crippen molar-refractivity contribution in [2.24, 2.45) is 0 Å². The number of furan rings is 3. The summed E-state index contributed by atoms with van der Waals surface area (Å²) in [5.74, 6) is 0. The predicted molar refractivity (Wildman–Crippen MR) is 354 cm³/mol. The van der Waals surface area contributed by atoms with Crippen LogP contribution in [0.2, 0.25) is 0 Å². The zero-order chi connectivity index (χ0) is 56.0. The molecule has 398 valence electrons. The lowest BCUT2D eigenvalue weighted by molar-refractivity contribution is 0.670. The van der Waals surface area contributed by atoms with Crippen LogP contribution >= 0.6 is 0 Å². The van der Waals surface area contributed by atoms with Gasteiger partial charge in [0, 0.05) is 76.4 Å². The molecule has 17 rings (SSSR count). The molecule has 17 aromatic rings. The van der Waals surface area contributed by atoms with Crippen molar-refractivity contribution in [2.75, 3.05) is 9.80 Å². The van der Waals surface area contributed by atoms with Gasteiger partial charge in [0.1, 0.15) is 22.3 Å². The van der Waals surface area contributed by atoms with Gasteiger partial charge in [0.15, 0.2) is 11.2 Å². The molecule has 0 amide bonds. The fourth-order valence-electron chi connectivity index (χ4n) is 13.1. The Bertz CT molecular complexity index is 5060. The molecule has 85 heavy (non-hydrogen) atoms. The van der Waals surface area contributed by atoms with E-state index in [-0.39, 0.29) is 0 Å². The molecule has 5 heteroatoms. The second kappa shape index (κ2) is 19.7. The maximum Gasteiger partial charge on any atom is 0.159 e. The van der Waals surface area contributed by atoms with Crippen molar-refractivity contribution < 1.29 is 13.3 Å². The summed E-state index contributed by atoms with van der Waals surface area (Å²) in [6.45, 7) is 0. The fraction of sp³-hybridized carbons (Fsp3) is 0. The first kappa shape index (κ1) is 48.3. The first-order chi connectivity index (χ1) is 42.2. The van der Waals surface area contributed by atoms with Gasteiger partial charge in [-0.3, -0.25) is 0 Å². The number of hydrogen-bond acceptors (Lipinski definition) is 5. The van der Waals surface area contributed by atoms with Crippen LogP contribution in [0, 0.1) is 0 Å². The van der Waals surface area contributed by atoms with Crippen LogP contribution in [-0.2, 0) is 0 Å². The molecular weight excluding hydrogens is 1040 g/mol. The molecule has 0 atom stereocenters. The molecule has 5 nitrogen and oxygen atoms in total. The van der Waals surface area contributed by atoms with Crippen molar-refractivity contribution in [3.63, 3.8) is 0 Å². The number of rotatable bonds is 10. The number of benzene rings is 14. The van der Waals surface area contributed by atoms with Crippen molar-refractivity contribution in [1.82, 2.24) is 0 Å². The third kappa shape index (κ3) is 7.86. The molecule has 3 aromatic heterocycles. The first-order valence-corrected chi connectivity index (χ1v) is 28.9. The van der Waals surface area contributed by atoms with Gasteiger partial charge in [-0.25, -0.2) is 0 Å². The van der Waals surface area contributed by atoms with Crippen LogP contribution < -0.4 is 9.80 Å². The van der Waals surface area contributed by atoms with Gasteiger partial charge in [0.25, 0.3) is 0 Å². The van der Waals surface area contributed by atoms with Crippen molar-refractivity contribution in [3.8, 4) is 44.5 Å². The average molecular weight is 1090 g/mol. The van der Waals surface area contributed by atoms with Crippen LogP contribution in [0.5, 0.6) is 0 Å². The standard InChI is InChI=1S/C80H50N2O3/c1-5-21-51(22-6-1)53-41-45-57(46-42-53)81(71-39-19-37-67-65-35-17-33-59(75(65)84-79(67)71)55-25-9-3-10-26-55)73-49-69-70-50-74(62-30-14-16-32-64(62)78(70)83-77(69)63-31-15-13-29-61(63)73)82(58-47-43-54(44-48-58)52-23-7-2-8-24-52)72-40-20-38-68-66-36-18-34-60(76(66)85-80(68)72)56-27-11-4-12-28-56/h1-50H. The number of anilines is 6. The quantitative estimate of drug-likeness (QED) is 0.137. The van der Waals surface area contributed by atoms with Gasteiger partial charge in [-0.05, 0) is 81.9 Å². The maximum atomic E-state index is 7.36. The second-order valence-electron chi connectivity index (χ2n) is 21.8. The van der Waals surface area contributed by atoms with Crippen LogP contribution in [0.1, 0.15) is 0 Å². The van der Waals surface area contributed by atoms with Crippen molar-refractivity contribution in [1.29, 1.82) is 0 Å². The summed E-state index contributed by atoms with van der Waals surface area (Å²) in [6, 6.07) is 108. The fourth-order valence-corrected chi connectivity index (χ4v) is 13.1. The van der Waals surface area contributed by atoms with E-state index in [0.29, 0.717) is 0 Å². The Kier molecular flexibility index (Phi) is 11.2. The van der Waals surface area contributed by atoms with Crippen molar-refractivity contribution >= 4 is 121 Å². The lowest BCUT2D eigenvalue weighted by Gasteiger charge is -2.28. The molecule has 0 saturated heterocycles. The third-order valence-electron chi connectivity index (χ3n) is 17.0. The molecule has 0 saturated carbocycles. The van der Waals surface area contributed by atoms with E-state index in [1.54, 1.807) is 0 Å².